The van der Waals surface area contributed by atoms with Crippen LogP contribution in [0, 0.1) is 5.41 Å². The maximum Gasteiger partial charge on any atom is 0.338 e. The third-order valence-electron chi connectivity index (χ3n) is 12.2. The minimum Gasteiger partial charge on any atom is -0.493 e. The van der Waals surface area contributed by atoms with Gasteiger partial charge < -0.3 is 83.6 Å². The van der Waals surface area contributed by atoms with Crippen LogP contribution in [0.15, 0.2) is 30.1 Å². The number of benzene rings is 1. The number of aliphatic hydroxyl groups excluding tert-OH is 5. The summed E-state index contributed by atoms with van der Waals surface area (Å²) in [4.78, 5) is 13.3. The van der Waals surface area contributed by atoms with E-state index in [1.165, 1.54) is 69.7 Å². The summed E-state index contributed by atoms with van der Waals surface area (Å²) in [6, 6.07) is 4.79. The van der Waals surface area contributed by atoms with Crippen LogP contribution in [-0.2, 0) is 37.9 Å². The van der Waals surface area contributed by atoms with Gasteiger partial charge in [-0.25, -0.2) is 10.6 Å². The second-order valence-corrected chi connectivity index (χ2v) is 19.4. The van der Waals surface area contributed by atoms with E-state index in [4.69, 9.17) is 58.9 Å². The number of nitrogens with two attached hydrogens (primary N) is 2. The van der Waals surface area contributed by atoms with Crippen LogP contribution < -0.4 is 21.1 Å². The van der Waals surface area contributed by atoms with Gasteiger partial charge in [0.15, 0.2) is 12.6 Å². The average molecular weight is 1020 g/mol. The molecular weight excluding hydrogens is 923 g/mol. The fourth-order valence-corrected chi connectivity index (χ4v) is 7.97. The zero-order valence-electron chi connectivity index (χ0n) is 43.6. The van der Waals surface area contributed by atoms with Crippen LogP contribution in [0.3, 0.4) is 0 Å². The number of hydrogen-bond donors (Lipinski definition) is 7. The van der Waals surface area contributed by atoms with E-state index in [2.05, 4.69) is 34.6 Å². The van der Waals surface area contributed by atoms with Gasteiger partial charge in [-0.3, -0.25) is 0 Å². The van der Waals surface area contributed by atoms with E-state index >= 15 is 0 Å². The Balaban J connectivity index is 1.56. The number of ether oxygens (including phenoxy) is 10. The van der Waals surface area contributed by atoms with Crippen molar-refractivity contribution in [1.29, 1.82) is 0 Å². The van der Waals surface area contributed by atoms with Crippen LogP contribution in [-0.4, -0.2) is 158 Å². The smallest absolute Gasteiger partial charge is 0.338 e. The van der Waals surface area contributed by atoms with Crippen LogP contribution in [0.4, 0.5) is 0 Å². The average Bonchev–Trinajstić information content (AvgIpc) is 3.34. The lowest BCUT2D eigenvalue weighted by Gasteiger charge is -2.44. The Kier molecular flexibility index (Phi) is 31.7. The van der Waals surface area contributed by atoms with E-state index in [0.29, 0.717) is 57.7 Å². The minimum atomic E-state index is -1.90. The second kappa shape index (κ2) is 36.1. The molecule has 1 aromatic carbocycles. The van der Waals surface area contributed by atoms with Crippen molar-refractivity contribution in [2.75, 3.05) is 66.0 Å². The first-order valence-electron chi connectivity index (χ1n) is 26.5. The van der Waals surface area contributed by atoms with Gasteiger partial charge in [-0.15, -0.1) is 0 Å². The Morgan fingerprint density at radius 1 is 0.620 bits per heavy atom. The molecule has 0 bridgehead atoms. The minimum absolute atomic E-state index is 0.0209. The molecule has 0 aromatic heterocycles. The second-order valence-electron chi connectivity index (χ2n) is 19.4. The standard InChI is InChI=1S/C52H93N3O16/c1-6-10-14-16-18-22-24-62-35-52(5,36-63-25-23-19-17-15-11-7-2)37-64-33-39(53)31-55(54)32-42-44(56)45(57)46(58)50(68-42)71-51-49(61)70-48(60)43(69-51)34-67-47(59)38-28-40(65-26-20-12-8-3)30-41(29-38)66-27-21-13-9-4/h28-31,42-46,48-51,56-58,60-61H,6-27,32-37,53-54H2,1-5H3/b39-31-/t42?,43?,44?,45?,46?,48?,49-,50?,51?/m1/s1. The van der Waals surface area contributed by atoms with E-state index in [9.17, 15) is 30.3 Å². The highest BCUT2D eigenvalue weighted by atomic mass is 16.8. The molecule has 19 nitrogen and oxygen atoms in total. The van der Waals surface area contributed by atoms with Crippen LogP contribution in [0.5, 0.6) is 11.5 Å². The molecule has 2 aliphatic rings. The predicted octanol–water partition coefficient (Wildman–Crippen LogP) is 5.94. The van der Waals surface area contributed by atoms with E-state index in [1.54, 1.807) is 6.07 Å². The van der Waals surface area contributed by atoms with E-state index in [-0.39, 0.29) is 24.4 Å². The molecule has 0 amide bonds. The molecule has 0 spiro atoms. The van der Waals surface area contributed by atoms with Crippen molar-refractivity contribution in [3.8, 4) is 11.5 Å². The van der Waals surface area contributed by atoms with Gasteiger partial charge in [0, 0.05) is 30.9 Å². The Morgan fingerprint density at radius 2 is 1.11 bits per heavy atom. The monoisotopic (exact) mass is 1020 g/mol. The summed E-state index contributed by atoms with van der Waals surface area (Å²) in [5.74, 6) is 6.38. The quantitative estimate of drug-likeness (QED) is 0.0174. The molecule has 2 fully saturated rings. The molecule has 412 valence electrons. The molecular formula is C52H93N3O16. The van der Waals surface area contributed by atoms with Crippen LogP contribution in [0.25, 0.3) is 0 Å². The summed E-state index contributed by atoms with van der Waals surface area (Å²) in [5, 5.41) is 55.0. The molecule has 3 rings (SSSR count). The fraction of sp³-hybridized carbons (Fsp3) is 0.827. The molecule has 2 aliphatic heterocycles. The highest BCUT2D eigenvalue weighted by Gasteiger charge is 2.48. The molecule has 0 aliphatic carbocycles. The largest absolute Gasteiger partial charge is 0.493 e. The van der Waals surface area contributed by atoms with Crippen LogP contribution in [0.2, 0.25) is 0 Å². The van der Waals surface area contributed by atoms with E-state index in [1.807, 2.05) is 0 Å². The lowest BCUT2D eigenvalue weighted by molar-refractivity contribution is -0.423. The molecule has 0 radical (unpaired) electrons. The summed E-state index contributed by atoms with van der Waals surface area (Å²) >= 11 is 0. The van der Waals surface area contributed by atoms with Gasteiger partial charge in [-0.2, -0.15) is 0 Å². The van der Waals surface area contributed by atoms with Gasteiger partial charge in [-0.05, 0) is 37.8 Å². The Labute approximate surface area is 423 Å². The van der Waals surface area contributed by atoms with Crippen molar-refractivity contribution in [2.24, 2.45) is 17.0 Å². The molecule has 8 unspecified atom stereocenters. The first-order chi connectivity index (χ1) is 34.2. The number of unbranched alkanes of at least 4 members (excludes halogenated alkanes) is 14. The summed E-state index contributed by atoms with van der Waals surface area (Å²) in [6.45, 7) is 13.4. The van der Waals surface area contributed by atoms with Gasteiger partial charge in [0.2, 0.25) is 12.6 Å². The topological polar surface area (TPSA) is 266 Å². The van der Waals surface area contributed by atoms with Gasteiger partial charge in [0.1, 0.15) is 48.6 Å². The third-order valence-corrected chi connectivity index (χ3v) is 12.2. The number of aliphatic hydroxyl groups is 5. The van der Waals surface area contributed by atoms with Crippen molar-refractivity contribution >= 4 is 5.97 Å². The zero-order chi connectivity index (χ0) is 51.9. The van der Waals surface area contributed by atoms with Crippen LogP contribution >= 0.6 is 0 Å². The Hall–Kier alpha value is -2.89. The molecule has 0 saturated carbocycles. The fourth-order valence-electron chi connectivity index (χ4n) is 7.97. The number of hydrogen-bond acceptors (Lipinski definition) is 19. The van der Waals surface area contributed by atoms with Gasteiger partial charge in [-0.1, -0.05) is 125 Å². The Bertz CT molecular complexity index is 1530. The van der Waals surface area contributed by atoms with Gasteiger partial charge in [0.05, 0.1) is 57.4 Å². The SMILES string of the molecule is CCCCCCCCOCC(C)(COCCCCCCCC)COC/C(N)=C/N(N)CC1OC(OC2OC(COC(=O)c3cc(OCCCCC)cc(OCCCCC)c3)C(O)O[C@H]2O)C(O)C(O)C1O. The summed E-state index contributed by atoms with van der Waals surface area (Å²) < 4.78 is 58.1. The highest BCUT2D eigenvalue weighted by Crippen LogP contribution is 2.29. The predicted molar refractivity (Wildman–Crippen MR) is 267 cm³/mol. The first-order valence-corrected chi connectivity index (χ1v) is 26.5. The van der Waals surface area contributed by atoms with Crippen molar-refractivity contribution in [2.45, 2.75) is 206 Å². The van der Waals surface area contributed by atoms with E-state index < -0.39 is 73.7 Å². The maximum atomic E-state index is 13.3. The molecule has 2 heterocycles. The normalized spacial score (nSPS) is 24.0. The van der Waals surface area contributed by atoms with Crippen molar-refractivity contribution < 1.29 is 77.7 Å². The third kappa shape index (κ3) is 24.8. The zero-order valence-corrected chi connectivity index (χ0v) is 43.6. The number of carbonyl (C=O) groups excluding carboxylic acids is 1. The number of carbonyl (C=O) groups is 1. The number of nitrogens with zero attached hydrogens (tertiary/aromatic N) is 1. The molecule has 71 heavy (non-hydrogen) atoms. The maximum absolute atomic E-state index is 13.3. The van der Waals surface area contributed by atoms with Crippen LogP contribution in [0.1, 0.15) is 161 Å². The molecule has 9 N–H and O–H groups in total. The van der Waals surface area contributed by atoms with Crippen molar-refractivity contribution in [3.05, 3.63) is 35.7 Å². The van der Waals surface area contributed by atoms with E-state index in [0.717, 1.165) is 69.2 Å². The number of hydrazine groups is 1. The highest BCUT2D eigenvalue weighted by molar-refractivity contribution is 5.90. The summed E-state index contributed by atoms with van der Waals surface area (Å²) in [6.07, 6.45) is 6.29. The molecule has 9 atom stereocenters. The van der Waals surface area contributed by atoms with Gasteiger partial charge >= 0.3 is 5.97 Å². The van der Waals surface area contributed by atoms with Crippen molar-refractivity contribution in [1.82, 2.24) is 5.01 Å². The molecule has 2 saturated heterocycles. The lowest BCUT2D eigenvalue weighted by atomic mass is 9.94. The lowest BCUT2D eigenvalue weighted by Crippen LogP contribution is -2.62. The molecule has 19 heteroatoms. The Morgan fingerprint density at radius 3 is 1.68 bits per heavy atom. The number of rotatable bonds is 40. The van der Waals surface area contributed by atoms with Gasteiger partial charge in [0.25, 0.3) is 0 Å². The number of esters is 1. The first kappa shape index (κ1) is 62.4. The molecule has 1 aromatic rings. The summed E-state index contributed by atoms with van der Waals surface area (Å²) in [5.41, 5.74) is 6.29. The van der Waals surface area contributed by atoms with Crippen molar-refractivity contribution in [3.63, 3.8) is 0 Å². The summed E-state index contributed by atoms with van der Waals surface area (Å²) in [7, 11) is 0.